The van der Waals surface area contributed by atoms with Crippen LogP contribution in [0.4, 0.5) is 17.3 Å². The Kier molecular flexibility index (Phi) is 15.1. The number of benzene rings is 2. The molecule has 5 heterocycles. The molecule has 2 fully saturated rings. The second kappa shape index (κ2) is 20.7. The number of nitrogens with one attached hydrogen (secondary N) is 1. The number of aromatic nitrogens is 6. The maximum atomic E-state index is 13.5. The van der Waals surface area contributed by atoms with E-state index in [0.717, 1.165) is 4.57 Å². The molecule has 3 aliphatic rings. The summed E-state index contributed by atoms with van der Waals surface area (Å²) in [4.78, 5) is 109. The van der Waals surface area contributed by atoms with Gasteiger partial charge in [0, 0.05) is 47.9 Å². The van der Waals surface area contributed by atoms with Crippen LogP contribution >= 0.6 is 33.8 Å². The molecular weight excluding hydrogens is 991 g/mol. The number of ketones is 2. The Morgan fingerprint density at radius 2 is 1.46 bits per heavy atom. The lowest BCUT2D eigenvalue weighted by Gasteiger charge is -2.24. The van der Waals surface area contributed by atoms with Gasteiger partial charge in [0.15, 0.2) is 23.0 Å². The zero-order valence-electron chi connectivity index (χ0n) is 35.9. The first-order chi connectivity index (χ1) is 32.8. The van der Waals surface area contributed by atoms with E-state index in [1.165, 1.54) is 35.6 Å². The number of imidazole rings is 1. The Balaban J connectivity index is 0.841. The van der Waals surface area contributed by atoms with Gasteiger partial charge in [-0.25, -0.2) is 33.4 Å². The molecule has 0 spiro atoms. The second-order valence-corrected chi connectivity index (χ2v) is 22.4. The lowest BCUT2D eigenvalue weighted by atomic mass is 9.83. The van der Waals surface area contributed by atoms with Crippen molar-refractivity contribution in [3.8, 4) is 0 Å². The zero-order valence-corrected chi connectivity index (χ0v) is 39.4. The number of carbonyl (C=O) groups is 3. The molecule has 0 bridgehead atoms. The number of rotatable bonds is 20. The van der Waals surface area contributed by atoms with Crippen LogP contribution in [0.25, 0.3) is 11.2 Å². The van der Waals surface area contributed by atoms with Crippen molar-refractivity contribution in [3.05, 3.63) is 100 Å². The minimum Gasteiger partial charge on any atom is -0.383 e. The molecule has 9 N–H and O–H groups in total. The van der Waals surface area contributed by atoms with Crippen LogP contribution in [-0.2, 0) is 46.1 Å². The van der Waals surface area contributed by atoms with Gasteiger partial charge in [0.25, 0.3) is 0 Å². The van der Waals surface area contributed by atoms with Crippen molar-refractivity contribution in [1.82, 2.24) is 29.1 Å². The number of nitrogens with zero attached hydrogens (tertiary/aromatic N) is 6. The average Bonchev–Trinajstić information content (AvgIpc) is 4.02. The fourth-order valence-electron chi connectivity index (χ4n) is 7.95. The molecule has 368 valence electrons. The predicted molar refractivity (Wildman–Crippen MR) is 242 cm³/mol. The molecule has 26 nitrogen and oxygen atoms in total. The van der Waals surface area contributed by atoms with Crippen LogP contribution in [0.2, 0.25) is 0 Å². The van der Waals surface area contributed by atoms with Crippen molar-refractivity contribution in [2.75, 3.05) is 35.8 Å². The van der Waals surface area contributed by atoms with Crippen molar-refractivity contribution >= 4 is 79.8 Å². The van der Waals surface area contributed by atoms with Crippen molar-refractivity contribution in [2.24, 2.45) is 0 Å². The Labute approximate surface area is 394 Å². The second-order valence-electron chi connectivity index (χ2n) is 15.8. The molecule has 1 amide bonds. The van der Waals surface area contributed by atoms with Gasteiger partial charge in [-0.15, -0.1) is 0 Å². The van der Waals surface area contributed by atoms with Gasteiger partial charge in [0.2, 0.25) is 5.91 Å². The topological polar surface area (TPSA) is 381 Å². The van der Waals surface area contributed by atoms with Gasteiger partial charge in [-0.1, -0.05) is 42.8 Å². The summed E-state index contributed by atoms with van der Waals surface area (Å²) >= 11 is 0.590. The predicted octanol–water partition coefficient (Wildman–Crippen LogP) is 3.63. The largest absolute Gasteiger partial charge is 0.472 e. The highest BCUT2D eigenvalue weighted by Gasteiger charge is 2.46. The van der Waals surface area contributed by atoms with Gasteiger partial charge >= 0.3 is 28.1 Å². The highest BCUT2D eigenvalue weighted by atomic mass is 32.7. The molecule has 30 heteroatoms. The summed E-state index contributed by atoms with van der Waals surface area (Å²) in [6.07, 6.45) is -3.24. The standard InChI is InChI=1S/C39H44N9O17P3S/c40-29-12-13-47(39(52)46-29)31-16-26(65-67(56,57)60-17-27-25(64-66(53,54)55)15-32(63-27)48-20-44-34-37(41)42-19-43-38(34)48)28(62-31)18-61-68(58,59)69-14-5-1-2-11-30(49)45-24-10-6-9-23-33(24)36(51)22-8-4-3-7-21(22)35(23)50/h3-4,6-10,12-13,19-20,25-28,31-32H,1-2,5,11,14-18H2,(H,45,49)(H,56,57)(H,58,59)(H2,40,46,52)(H2,41,42,43)(H2,53,54,55)/t25-,26-,27+,28+,31+,32+/m0/s1. The van der Waals surface area contributed by atoms with Gasteiger partial charge in [-0.2, -0.15) is 4.98 Å². The Morgan fingerprint density at radius 3 is 2.17 bits per heavy atom. The van der Waals surface area contributed by atoms with Crippen LogP contribution in [0.3, 0.4) is 0 Å². The number of phosphoric acid groups is 2. The molecule has 8 rings (SSSR count). The summed E-state index contributed by atoms with van der Waals surface area (Å²) in [5.41, 5.74) is 12.2. The number of fused-ring (bicyclic) bond motifs is 3. The Hall–Kier alpha value is -5.08. The first-order valence-electron chi connectivity index (χ1n) is 21.0. The molecule has 3 aromatic heterocycles. The molecule has 2 aromatic carbocycles. The highest BCUT2D eigenvalue weighted by Crippen LogP contribution is 2.57. The fraction of sp³-hybridized carbons (Fsp3) is 0.385. The minimum absolute atomic E-state index is 0.0532. The molecule has 69 heavy (non-hydrogen) atoms. The maximum Gasteiger partial charge on any atom is 0.472 e. The number of ether oxygens (including phenoxy) is 2. The van der Waals surface area contributed by atoms with Crippen molar-refractivity contribution < 1.29 is 75.2 Å². The summed E-state index contributed by atoms with van der Waals surface area (Å²) in [5.74, 6) is -1.01. The molecule has 0 saturated carbocycles. The third-order valence-electron chi connectivity index (χ3n) is 11.1. The first kappa shape index (κ1) is 50.3. The van der Waals surface area contributed by atoms with Crippen LogP contribution in [0.1, 0.15) is 82.8 Å². The third kappa shape index (κ3) is 11.9. The van der Waals surface area contributed by atoms with Gasteiger partial charge in [-0.05, 0) is 36.4 Å². The van der Waals surface area contributed by atoms with Gasteiger partial charge in [-0.3, -0.25) is 41.6 Å². The normalized spacial score (nSPS) is 23.1. The molecule has 2 unspecified atom stereocenters. The number of hydrogen-bond acceptors (Lipinski definition) is 20. The van der Waals surface area contributed by atoms with Gasteiger partial charge in [0.05, 0.1) is 30.8 Å². The van der Waals surface area contributed by atoms with Crippen LogP contribution in [0, 0.1) is 0 Å². The number of hydrogen-bond donors (Lipinski definition) is 7. The highest BCUT2D eigenvalue weighted by molar-refractivity contribution is 8.54. The van der Waals surface area contributed by atoms with E-state index in [0.29, 0.717) is 36.2 Å². The van der Waals surface area contributed by atoms with Crippen LogP contribution in [-0.4, -0.2) is 109 Å². The van der Waals surface area contributed by atoms with E-state index in [1.807, 2.05) is 0 Å². The Bertz CT molecular complexity index is 2990. The van der Waals surface area contributed by atoms with Crippen LogP contribution in [0.15, 0.2) is 72.2 Å². The number of unbranched alkanes of at least 4 members (excludes halogenated alkanes) is 2. The molecule has 2 saturated heterocycles. The SMILES string of the molecule is Nc1ccn([C@H]2C[C@H](OP(=O)(O)OC[C@H]3O[C@@H](n4cnc5c(N)ncnc54)C[C@@H]3OP(=O)(O)O)[C@@H](COP(=O)(O)SCCCCCC(=O)Nc3cccc4c3C(=O)c3ccccc3C4=O)O2)c(=O)n1. The number of phosphoric ester groups is 2. The minimum atomic E-state index is -5.15. The summed E-state index contributed by atoms with van der Waals surface area (Å²) in [6.45, 7) is -5.91. The fourth-order valence-corrected chi connectivity index (χ4v) is 11.9. The monoisotopic (exact) mass is 1040 g/mol. The van der Waals surface area contributed by atoms with E-state index in [4.69, 9.17) is 39.0 Å². The van der Waals surface area contributed by atoms with Gasteiger partial charge < -0.3 is 45.8 Å². The van der Waals surface area contributed by atoms with E-state index in [-0.39, 0.29) is 81.8 Å². The Morgan fingerprint density at radius 1 is 0.797 bits per heavy atom. The van der Waals surface area contributed by atoms with E-state index < -0.39 is 84.1 Å². The number of nitrogens with two attached hydrogens (primary N) is 2. The van der Waals surface area contributed by atoms with E-state index in [9.17, 15) is 52.4 Å². The quantitative estimate of drug-likeness (QED) is 0.0424. The molecule has 8 atom stereocenters. The molecule has 0 radical (unpaired) electrons. The van der Waals surface area contributed by atoms with Crippen LogP contribution < -0.4 is 22.5 Å². The number of nitrogen functional groups attached to an aromatic ring is 2. The average molecular weight is 1040 g/mol. The molecule has 5 aromatic rings. The zero-order chi connectivity index (χ0) is 49.3. The summed E-state index contributed by atoms with van der Waals surface area (Å²) in [7, 11) is -10.3. The number of anilines is 3. The summed E-state index contributed by atoms with van der Waals surface area (Å²) < 4.78 is 73.8. The summed E-state index contributed by atoms with van der Waals surface area (Å²) in [6, 6.07) is 12.4. The van der Waals surface area contributed by atoms with Crippen molar-refractivity contribution in [2.45, 2.75) is 75.4 Å². The van der Waals surface area contributed by atoms with Gasteiger partial charge in [0.1, 0.15) is 54.5 Å². The van der Waals surface area contributed by atoms with Crippen molar-refractivity contribution in [1.29, 1.82) is 0 Å². The van der Waals surface area contributed by atoms with Crippen LogP contribution in [0.5, 0.6) is 0 Å². The maximum absolute atomic E-state index is 13.5. The molecule has 1 aliphatic carbocycles. The lowest BCUT2D eigenvalue weighted by molar-refractivity contribution is -0.116. The molecule has 2 aliphatic heterocycles. The van der Waals surface area contributed by atoms with E-state index in [1.54, 1.807) is 36.4 Å². The number of carbonyl (C=O) groups excluding carboxylic acids is 3. The third-order valence-corrected chi connectivity index (χ3v) is 15.8. The molecular formula is C39H44N9O17P3S. The summed E-state index contributed by atoms with van der Waals surface area (Å²) in [5, 5.41) is 2.73. The van der Waals surface area contributed by atoms with Crippen molar-refractivity contribution in [3.63, 3.8) is 0 Å². The smallest absolute Gasteiger partial charge is 0.383 e. The lowest BCUT2D eigenvalue weighted by Crippen LogP contribution is -2.30. The van der Waals surface area contributed by atoms with E-state index >= 15 is 0 Å². The first-order valence-corrected chi connectivity index (χ1v) is 27.2. The van der Waals surface area contributed by atoms with E-state index in [2.05, 4.69) is 25.3 Å². The number of amides is 1.